The molecule has 2 amide bonds. The number of benzene rings is 2. The maximum Gasteiger partial charge on any atom is 0.259 e. The van der Waals surface area contributed by atoms with E-state index in [-0.39, 0.29) is 18.7 Å². The van der Waals surface area contributed by atoms with Gasteiger partial charge in [-0.15, -0.1) is 0 Å². The van der Waals surface area contributed by atoms with Gasteiger partial charge in [0.15, 0.2) is 12.2 Å². The Kier molecular flexibility index (Phi) is 5.39. The summed E-state index contributed by atoms with van der Waals surface area (Å²) in [7, 11) is 0. The number of aliphatic imine (C=N–C) groups is 1. The first-order chi connectivity index (χ1) is 16.3. The number of carbonyl (C=O) groups is 2. The number of aromatic nitrogens is 1. The summed E-state index contributed by atoms with van der Waals surface area (Å²) in [5.41, 5.74) is 9.64. The molecule has 10 heteroatoms. The summed E-state index contributed by atoms with van der Waals surface area (Å²) in [4.78, 5) is 46.2. The number of ether oxygens (including phenoxy) is 1. The van der Waals surface area contributed by atoms with Crippen molar-refractivity contribution in [2.75, 3.05) is 23.4 Å². The van der Waals surface area contributed by atoms with Gasteiger partial charge in [-0.3, -0.25) is 19.4 Å². The summed E-state index contributed by atoms with van der Waals surface area (Å²) in [5, 5.41) is 14.1. The van der Waals surface area contributed by atoms with E-state index in [1.54, 1.807) is 43.3 Å². The number of amidine groups is 1. The van der Waals surface area contributed by atoms with Crippen LogP contribution in [0.5, 0.6) is 0 Å². The summed E-state index contributed by atoms with van der Waals surface area (Å²) < 4.78 is 5.50. The van der Waals surface area contributed by atoms with E-state index in [4.69, 9.17) is 10.5 Å². The Bertz CT molecular complexity index is 1410. The van der Waals surface area contributed by atoms with Crippen molar-refractivity contribution in [2.45, 2.75) is 25.7 Å². The molecule has 2 atom stereocenters. The van der Waals surface area contributed by atoms with Crippen molar-refractivity contribution in [3.05, 3.63) is 69.5 Å². The van der Waals surface area contributed by atoms with E-state index in [2.05, 4.69) is 15.3 Å². The molecule has 10 nitrogen and oxygen atoms in total. The number of fused-ring (bicyclic) bond motifs is 2. The Hall–Kier alpha value is -4.02. The Morgan fingerprint density at radius 3 is 2.88 bits per heavy atom. The highest BCUT2D eigenvalue weighted by Crippen LogP contribution is 2.29. The standard InChI is InChI=1S/C24H23N5O5/c1-12-17(6-3-13-4-7-18(30)28-19(12)13)29-8-9-34-21(24(29)33)20(31)23(32)27-15-5-2-14-11-26-22(25)16(14)10-15/h2-7,10,20-21,31H,8-9,11H2,1H3,(H2,25,26)(H,27,32)(H,28,30)/t20-,21-/m1/s1. The van der Waals surface area contributed by atoms with Gasteiger partial charge in [0.25, 0.3) is 11.8 Å². The van der Waals surface area contributed by atoms with E-state index >= 15 is 0 Å². The van der Waals surface area contributed by atoms with Crippen molar-refractivity contribution in [1.82, 2.24) is 4.98 Å². The van der Waals surface area contributed by atoms with Crippen molar-refractivity contribution in [1.29, 1.82) is 0 Å². The van der Waals surface area contributed by atoms with Crippen molar-refractivity contribution in [3.8, 4) is 0 Å². The van der Waals surface area contributed by atoms with Crippen LogP contribution >= 0.6 is 0 Å². The topological polar surface area (TPSA) is 150 Å². The number of nitrogens with two attached hydrogens (primary N) is 1. The molecule has 0 spiro atoms. The zero-order valence-corrected chi connectivity index (χ0v) is 18.4. The Balaban J connectivity index is 1.36. The van der Waals surface area contributed by atoms with Crippen LogP contribution in [-0.4, -0.2) is 53.1 Å². The number of aromatic amines is 1. The number of carbonyl (C=O) groups excluding carboxylic acids is 2. The second-order valence-electron chi connectivity index (χ2n) is 8.29. The van der Waals surface area contributed by atoms with Crippen LogP contribution < -0.4 is 21.5 Å². The second-order valence-corrected chi connectivity index (χ2v) is 8.29. The van der Waals surface area contributed by atoms with E-state index in [0.29, 0.717) is 34.8 Å². The molecule has 0 aliphatic carbocycles. The minimum atomic E-state index is -1.73. The molecule has 0 saturated carbocycles. The largest absolute Gasteiger partial charge is 0.383 e. The number of aryl methyl sites for hydroxylation is 1. The summed E-state index contributed by atoms with van der Waals surface area (Å²) >= 11 is 0. The van der Waals surface area contributed by atoms with E-state index < -0.39 is 24.0 Å². The number of rotatable bonds is 4. The normalized spacial score (nSPS) is 18.5. The molecule has 2 aromatic carbocycles. The number of amides is 2. The average Bonchev–Trinajstić information content (AvgIpc) is 3.20. The van der Waals surface area contributed by atoms with Crippen molar-refractivity contribution < 1.29 is 19.4 Å². The predicted octanol–water partition coefficient (Wildman–Crippen LogP) is 0.787. The lowest BCUT2D eigenvalue weighted by atomic mass is 10.0. The number of pyridine rings is 1. The highest BCUT2D eigenvalue weighted by atomic mass is 16.5. The highest BCUT2D eigenvalue weighted by Gasteiger charge is 2.40. The molecule has 174 valence electrons. The molecule has 34 heavy (non-hydrogen) atoms. The molecule has 2 aliphatic heterocycles. The fourth-order valence-corrected chi connectivity index (χ4v) is 4.36. The minimum absolute atomic E-state index is 0.134. The number of aliphatic hydroxyl groups excluding tert-OH is 1. The van der Waals surface area contributed by atoms with Crippen molar-refractivity contribution >= 4 is 39.9 Å². The van der Waals surface area contributed by atoms with Gasteiger partial charge >= 0.3 is 0 Å². The van der Waals surface area contributed by atoms with E-state index in [9.17, 15) is 19.5 Å². The number of anilines is 2. The summed E-state index contributed by atoms with van der Waals surface area (Å²) in [6, 6.07) is 11.9. The molecule has 2 aliphatic rings. The SMILES string of the molecule is Cc1c(N2CCO[C@H]([C@@H](O)C(=O)Nc3ccc4c(c3)C(N)=NC4)C2=O)ccc2ccc(=O)[nH]c12. The van der Waals surface area contributed by atoms with Crippen molar-refractivity contribution in [2.24, 2.45) is 10.7 Å². The van der Waals surface area contributed by atoms with E-state index in [0.717, 1.165) is 16.5 Å². The number of hydrogen-bond acceptors (Lipinski definition) is 7. The van der Waals surface area contributed by atoms with Crippen LogP contribution in [0, 0.1) is 6.92 Å². The van der Waals surface area contributed by atoms with Crippen molar-refractivity contribution in [3.63, 3.8) is 0 Å². The molecule has 0 radical (unpaired) electrons. The monoisotopic (exact) mass is 461 g/mol. The predicted molar refractivity (Wildman–Crippen MR) is 127 cm³/mol. The van der Waals surface area contributed by atoms with Gasteiger partial charge < -0.3 is 30.8 Å². The lowest BCUT2D eigenvalue weighted by Gasteiger charge is -2.35. The van der Waals surface area contributed by atoms with Gasteiger partial charge in [-0.1, -0.05) is 12.1 Å². The maximum atomic E-state index is 13.2. The third kappa shape index (κ3) is 3.72. The van der Waals surface area contributed by atoms with Crippen LogP contribution in [0.1, 0.15) is 16.7 Å². The Labute approximate surface area is 194 Å². The highest BCUT2D eigenvalue weighted by molar-refractivity contribution is 6.06. The van der Waals surface area contributed by atoms with Crippen LogP contribution in [-0.2, 0) is 20.9 Å². The fraction of sp³-hybridized carbons (Fsp3) is 0.250. The number of hydrogen-bond donors (Lipinski definition) is 4. The lowest BCUT2D eigenvalue weighted by Crippen LogP contribution is -2.55. The molecule has 3 aromatic rings. The quantitative estimate of drug-likeness (QED) is 0.451. The zero-order valence-electron chi connectivity index (χ0n) is 18.4. The number of aliphatic hydroxyl groups is 1. The zero-order chi connectivity index (χ0) is 24.0. The fourth-order valence-electron chi connectivity index (χ4n) is 4.36. The molecule has 0 bridgehead atoms. The molecule has 0 unspecified atom stereocenters. The lowest BCUT2D eigenvalue weighted by molar-refractivity contribution is -0.150. The maximum absolute atomic E-state index is 13.2. The Morgan fingerprint density at radius 2 is 2.06 bits per heavy atom. The first kappa shape index (κ1) is 21.8. The number of morpholine rings is 1. The third-order valence-corrected chi connectivity index (χ3v) is 6.17. The van der Waals surface area contributed by atoms with Gasteiger partial charge in [0.05, 0.1) is 18.7 Å². The van der Waals surface area contributed by atoms with Gasteiger partial charge in [-0.25, -0.2) is 0 Å². The summed E-state index contributed by atoms with van der Waals surface area (Å²) in [6.45, 7) is 2.67. The molecular formula is C24H23N5O5. The van der Waals surface area contributed by atoms with Gasteiger partial charge in [0.1, 0.15) is 5.84 Å². The van der Waals surface area contributed by atoms with Gasteiger partial charge in [-0.2, -0.15) is 0 Å². The number of nitrogens with zero attached hydrogens (tertiary/aromatic N) is 2. The van der Waals surface area contributed by atoms with Gasteiger partial charge in [0, 0.05) is 29.5 Å². The molecule has 5 N–H and O–H groups in total. The summed E-state index contributed by atoms with van der Waals surface area (Å²) in [5.74, 6) is -0.923. The average molecular weight is 461 g/mol. The molecule has 1 aromatic heterocycles. The molecule has 5 rings (SSSR count). The van der Waals surface area contributed by atoms with Crippen LogP contribution in [0.4, 0.5) is 11.4 Å². The minimum Gasteiger partial charge on any atom is -0.383 e. The smallest absolute Gasteiger partial charge is 0.259 e. The van der Waals surface area contributed by atoms with Crippen LogP contribution in [0.3, 0.4) is 0 Å². The van der Waals surface area contributed by atoms with E-state index in [1.807, 2.05) is 0 Å². The summed E-state index contributed by atoms with van der Waals surface area (Å²) in [6.07, 6.45) is -3.10. The van der Waals surface area contributed by atoms with Crippen LogP contribution in [0.2, 0.25) is 0 Å². The van der Waals surface area contributed by atoms with Gasteiger partial charge in [0.2, 0.25) is 5.56 Å². The van der Waals surface area contributed by atoms with Gasteiger partial charge in [-0.05, 0) is 47.7 Å². The first-order valence-electron chi connectivity index (χ1n) is 10.8. The second kappa shape index (κ2) is 8.40. The van der Waals surface area contributed by atoms with Crippen LogP contribution in [0.25, 0.3) is 10.9 Å². The molecular weight excluding hydrogens is 438 g/mol. The third-order valence-electron chi connectivity index (χ3n) is 6.17. The molecule has 3 heterocycles. The Morgan fingerprint density at radius 1 is 1.26 bits per heavy atom. The molecule has 1 saturated heterocycles. The molecule has 1 fully saturated rings. The first-order valence-corrected chi connectivity index (χ1v) is 10.8. The number of nitrogens with one attached hydrogen (secondary N) is 2. The number of H-pyrrole nitrogens is 1. The van der Waals surface area contributed by atoms with E-state index in [1.165, 1.54) is 11.0 Å². The van der Waals surface area contributed by atoms with Crippen LogP contribution in [0.15, 0.2) is 52.3 Å².